The molecule has 5 nitrogen and oxygen atoms in total. The van der Waals surface area contributed by atoms with Gasteiger partial charge in [0, 0.05) is 67.4 Å². The first-order valence-electron chi connectivity index (χ1n) is 8.91. The van der Waals surface area contributed by atoms with Gasteiger partial charge in [-0.2, -0.15) is 0 Å². The number of rotatable bonds is 3. The van der Waals surface area contributed by atoms with Crippen molar-refractivity contribution in [3.8, 4) is 0 Å². The number of piperazine rings is 1. The van der Waals surface area contributed by atoms with E-state index in [9.17, 15) is 0 Å². The molecule has 2 aromatic heterocycles. The highest BCUT2D eigenvalue weighted by molar-refractivity contribution is 7.80. The van der Waals surface area contributed by atoms with Gasteiger partial charge in [0.15, 0.2) is 5.11 Å². The van der Waals surface area contributed by atoms with Crippen LogP contribution < -0.4 is 10.2 Å². The normalized spacial score (nSPS) is 13.4. The maximum Gasteiger partial charge on any atom is 0.169 e. The Kier molecular flexibility index (Phi) is 8.71. The highest BCUT2D eigenvalue weighted by atomic mass is 35.5. The molecule has 0 amide bonds. The number of nitrogens with one attached hydrogen (secondary N) is 1. The highest BCUT2D eigenvalue weighted by Crippen LogP contribution is 2.28. The fourth-order valence-corrected chi connectivity index (χ4v) is 3.75. The van der Waals surface area contributed by atoms with Crippen molar-refractivity contribution >= 4 is 70.3 Å². The molecule has 4 rings (SSSR count). The van der Waals surface area contributed by atoms with Crippen molar-refractivity contribution in [2.24, 2.45) is 0 Å². The van der Waals surface area contributed by atoms with E-state index < -0.39 is 0 Å². The van der Waals surface area contributed by atoms with E-state index in [1.165, 1.54) is 5.69 Å². The lowest BCUT2D eigenvalue weighted by Crippen LogP contribution is -2.51. The highest BCUT2D eigenvalue weighted by Gasteiger charge is 2.20. The van der Waals surface area contributed by atoms with Crippen molar-refractivity contribution in [3.05, 3.63) is 65.6 Å². The molecular formula is C20H22Cl3N5S. The minimum atomic E-state index is 0. The van der Waals surface area contributed by atoms with Gasteiger partial charge < -0.3 is 15.1 Å². The summed E-state index contributed by atoms with van der Waals surface area (Å²) >= 11 is 11.8. The van der Waals surface area contributed by atoms with Crippen LogP contribution in [0.25, 0.3) is 10.9 Å². The van der Waals surface area contributed by atoms with Crippen molar-refractivity contribution in [2.75, 3.05) is 31.1 Å². The summed E-state index contributed by atoms with van der Waals surface area (Å²) in [5, 5.41) is 5.95. The van der Waals surface area contributed by atoms with E-state index in [-0.39, 0.29) is 24.8 Å². The van der Waals surface area contributed by atoms with E-state index in [0.717, 1.165) is 52.8 Å². The number of fused-ring (bicyclic) bond motifs is 1. The van der Waals surface area contributed by atoms with Gasteiger partial charge in [0.05, 0.1) is 5.52 Å². The number of thiocarbonyl (C=S) groups is 1. The Labute approximate surface area is 193 Å². The van der Waals surface area contributed by atoms with Crippen LogP contribution in [0.2, 0.25) is 5.02 Å². The van der Waals surface area contributed by atoms with E-state index in [2.05, 4.69) is 31.2 Å². The quantitative estimate of drug-likeness (QED) is 0.575. The third kappa shape index (κ3) is 5.60. The Morgan fingerprint density at radius 2 is 1.86 bits per heavy atom. The smallest absolute Gasteiger partial charge is 0.169 e. The molecule has 3 aromatic rings. The lowest BCUT2D eigenvalue weighted by atomic mass is 10.1. The molecule has 1 aliphatic rings. The van der Waals surface area contributed by atoms with Crippen molar-refractivity contribution in [2.45, 2.75) is 6.54 Å². The van der Waals surface area contributed by atoms with Gasteiger partial charge in [-0.05, 0) is 48.1 Å². The summed E-state index contributed by atoms with van der Waals surface area (Å²) in [4.78, 5) is 13.2. The van der Waals surface area contributed by atoms with Crippen LogP contribution in [0.5, 0.6) is 0 Å². The largest absolute Gasteiger partial charge is 0.367 e. The van der Waals surface area contributed by atoms with Crippen molar-refractivity contribution < 1.29 is 0 Å². The Hall–Kier alpha value is -1.86. The lowest BCUT2D eigenvalue weighted by molar-refractivity contribution is 0.380. The number of benzene rings is 1. The molecule has 0 spiro atoms. The summed E-state index contributed by atoms with van der Waals surface area (Å²) in [6.07, 6.45) is 5.49. The molecule has 29 heavy (non-hydrogen) atoms. The monoisotopic (exact) mass is 469 g/mol. The molecule has 0 bridgehead atoms. The first-order valence-corrected chi connectivity index (χ1v) is 9.70. The van der Waals surface area contributed by atoms with Crippen LogP contribution in [-0.4, -0.2) is 46.2 Å². The van der Waals surface area contributed by atoms with Gasteiger partial charge in [-0.25, -0.2) is 0 Å². The first-order chi connectivity index (χ1) is 13.2. The average Bonchev–Trinajstić information content (AvgIpc) is 2.72. The van der Waals surface area contributed by atoms with Crippen LogP contribution in [-0.2, 0) is 6.54 Å². The molecule has 0 radical (unpaired) electrons. The van der Waals surface area contributed by atoms with Crippen molar-refractivity contribution in [3.63, 3.8) is 0 Å². The summed E-state index contributed by atoms with van der Waals surface area (Å²) < 4.78 is 0. The zero-order valence-electron chi connectivity index (χ0n) is 15.6. The van der Waals surface area contributed by atoms with Crippen LogP contribution in [0, 0.1) is 0 Å². The number of hydrogen-bond acceptors (Lipinski definition) is 4. The van der Waals surface area contributed by atoms with Gasteiger partial charge in [-0.3, -0.25) is 9.97 Å². The van der Waals surface area contributed by atoms with E-state index >= 15 is 0 Å². The number of nitrogens with zero attached hydrogens (tertiary/aromatic N) is 4. The zero-order chi connectivity index (χ0) is 18.6. The minimum Gasteiger partial charge on any atom is -0.367 e. The Morgan fingerprint density at radius 3 is 2.59 bits per heavy atom. The second kappa shape index (κ2) is 10.8. The molecule has 1 N–H and O–H groups in total. The predicted octanol–water partition coefficient (Wildman–Crippen LogP) is 4.32. The second-order valence-corrected chi connectivity index (χ2v) is 7.31. The van der Waals surface area contributed by atoms with E-state index in [0.29, 0.717) is 6.54 Å². The van der Waals surface area contributed by atoms with Gasteiger partial charge in [0.2, 0.25) is 0 Å². The Balaban J connectivity index is 0.00000150. The lowest BCUT2D eigenvalue weighted by Gasteiger charge is -2.37. The molecular weight excluding hydrogens is 449 g/mol. The SMILES string of the molecule is Cl.Cl.S=C(NCc1cccnc1)N1CCN(c2ccnc3ccc(Cl)cc23)CC1. The average molecular weight is 471 g/mol. The number of pyridine rings is 2. The summed E-state index contributed by atoms with van der Waals surface area (Å²) in [7, 11) is 0. The van der Waals surface area contributed by atoms with Crippen LogP contribution in [0.1, 0.15) is 5.56 Å². The number of hydrogen-bond donors (Lipinski definition) is 1. The molecule has 0 aliphatic carbocycles. The van der Waals surface area contributed by atoms with Gasteiger partial charge in [-0.1, -0.05) is 17.7 Å². The summed E-state index contributed by atoms with van der Waals surface area (Å²) in [5.74, 6) is 0. The number of halogens is 3. The molecule has 1 aliphatic heterocycles. The van der Waals surface area contributed by atoms with Gasteiger partial charge >= 0.3 is 0 Å². The minimum absolute atomic E-state index is 0. The molecule has 3 heterocycles. The van der Waals surface area contributed by atoms with Gasteiger partial charge in [-0.15, -0.1) is 24.8 Å². The summed E-state index contributed by atoms with van der Waals surface area (Å²) in [6.45, 7) is 4.26. The molecule has 1 aromatic carbocycles. The molecule has 154 valence electrons. The fraction of sp³-hybridized carbons (Fsp3) is 0.250. The zero-order valence-corrected chi connectivity index (χ0v) is 18.8. The topological polar surface area (TPSA) is 44.3 Å². The summed E-state index contributed by atoms with van der Waals surface area (Å²) in [6, 6.07) is 11.9. The second-order valence-electron chi connectivity index (χ2n) is 6.49. The molecule has 9 heteroatoms. The molecule has 0 unspecified atom stereocenters. The summed E-state index contributed by atoms with van der Waals surface area (Å²) in [5.41, 5.74) is 3.27. The van der Waals surface area contributed by atoms with Crippen molar-refractivity contribution in [1.82, 2.24) is 20.2 Å². The van der Waals surface area contributed by atoms with E-state index in [1.54, 1.807) is 6.20 Å². The number of anilines is 1. The Morgan fingerprint density at radius 1 is 1.07 bits per heavy atom. The third-order valence-corrected chi connectivity index (χ3v) is 5.39. The van der Waals surface area contributed by atoms with E-state index in [4.69, 9.17) is 23.8 Å². The first kappa shape index (κ1) is 23.4. The van der Waals surface area contributed by atoms with Gasteiger partial charge in [0.1, 0.15) is 0 Å². The standard InChI is InChI=1S/C20H20ClN5S.2ClH/c21-16-3-4-18-17(12-16)19(5-7-23-18)25-8-10-26(11-9-25)20(27)24-14-15-2-1-6-22-13-15;;/h1-7,12-13H,8-11,14H2,(H,24,27);2*1H. The Bertz CT molecular complexity index is 949. The molecule has 1 fully saturated rings. The predicted molar refractivity (Wildman–Crippen MR) is 129 cm³/mol. The fourth-order valence-electron chi connectivity index (χ4n) is 3.32. The number of aromatic nitrogens is 2. The van der Waals surface area contributed by atoms with Gasteiger partial charge in [0.25, 0.3) is 0 Å². The third-order valence-electron chi connectivity index (χ3n) is 4.75. The molecule has 0 saturated carbocycles. The van der Waals surface area contributed by atoms with Crippen molar-refractivity contribution in [1.29, 1.82) is 0 Å². The molecule has 0 atom stereocenters. The van der Waals surface area contributed by atoms with E-state index in [1.807, 2.05) is 42.7 Å². The van der Waals surface area contributed by atoms with Crippen LogP contribution >= 0.6 is 48.6 Å². The molecule has 1 saturated heterocycles. The van der Waals surface area contributed by atoms with Crippen LogP contribution in [0.4, 0.5) is 5.69 Å². The van der Waals surface area contributed by atoms with Crippen LogP contribution in [0.15, 0.2) is 55.0 Å². The maximum atomic E-state index is 6.20. The van der Waals surface area contributed by atoms with Crippen LogP contribution in [0.3, 0.4) is 0 Å². The maximum absolute atomic E-state index is 6.20.